The molecule has 3 heterocycles. The Morgan fingerprint density at radius 3 is 0.569 bits per heavy atom. The number of hydrogen-bond donors (Lipinski definition) is 0. The van der Waals surface area contributed by atoms with Crippen LogP contribution in [0, 0.1) is 0 Å². The van der Waals surface area contributed by atoms with Gasteiger partial charge in [0.05, 0.1) is 33.1 Å². The lowest BCUT2D eigenvalue weighted by Gasteiger charge is -2.26. The highest BCUT2D eigenvalue weighted by Gasteiger charge is 2.22. The third-order valence-corrected chi connectivity index (χ3v) is 25.0. The van der Waals surface area contributed by atoms with Crippen molar-refractivity contribution >= 4 is 127 Å². The molecule has 0 radical (unpaired) electrons. The van der Waals surface area contributed by atoms with Crippen LogP contribution in [0.4, 0.5) is 51.2 Å². The van der Waals surface area contributed by atoms with Crippen LogP contribution in [-0.2, 0) is 0 Å². The van der Waals surface area contributed by atoms with E-state index in [-0.39, 0.29) is 0 Å². The molecule has 24 aromatic rings. The fraction of sp³-hybridized carbons (Fsp3) is 0. The Kier molecular flexibility index (Phi) is 21.4. The number of nitrogens with zero attached hydrogens (tertiary/aromatic N) is 6. The van der Waals surface area contributed by atoms with E-state index in [2.05, 4.69) is 562 Å². The molecule has 130 heavy (non-hydrogen) atoms. The predicted octanol–water partition coefficient (Wildman–Crippen LogP) is 34.2. The van der Waals surface area contributed by atoms with Crippen LogP contribution < -0.4 is 14.7 Å². The first-order valence-electron chi connectivity index (χ1n) is 44.4. The van der Waals surface area contributed by atoms with E-state index < -0.39 is 0 Å². The number of hydrogen-bond acceptors (Lipinski definition) is 3. The molecule has 0 saturated carbocycles. The van der Waals surface area contributed by atoms with Gasteiger partial charge in [0, 0.05) is 101 Å². The van der Waals surface area contributed by atoms with Crippen molar-refractivity contribution in [1.29, 1.82) is 0 Å². The Labute approximate surface area is 757 Å². The first-order chi connectivity index (χ1) is 64.5. The highest BCUT2D eigenvalue weighted by Crippen LogP contribution is 2.45. The summed E-state index contributed by atoms with van der Waals surface area (Å²) in [7, 11) is 0. The Hall–Kier alpha value is -17.3. The number of anilines is 9. The zero-order chi connectivity index (χ0) is 86.5. The Bertz CT molecular complexity index is 7770. The van der Waals surface area contributed by atoms with Crippen LogP contribution in [-0.4, -0.2) is 13.7 Å². The van der Waals surface area contributed by atoms with Crippen LogP contribution in [0.25, 0.3) is 149 Å². The maximum atomic E-state index is 2.40. The Morgan fingerprint density at radius 1 is 0.115 bits per heavy atom. The third-order valence-electron chi connectivity index (χ3n) is 25.0. The lowest BCUT2D eigenvalue weighted by atomic mass is 10.0. The van der Waals surface area contributed by atoms with Crippen LogP contribution in [0.15, 0.2) is 534 Å². The van der Waals surface area contributed by atoms with Crippen molar-refractivity contribution in [2.75, 3.05) is 14.7 Å². The summed E-state index contributed by atoms with van der Waals surface area (Å²) in [5.74, 6) is 0. The molecule has 0 fully saturated rings. The van der Waals surface area contributed by atoms with Gasteiger partial charge in [-0.3, -0.25) is 0 Å². The van der Waals surface area contributed by atoms with Crippen molar-refractivity contribution < 1.29 is 0 Å². The molecule has 24 rings (SSSR count). The quantitative estimate of drug-likeness (QED) is 0.0908. The number of fused-ring (bicyclic) bond motifs is 11. The predicted molar refractivity (Wildman–Crippen MR) is 551 cm³/mol. The molecule has 614 valence electrons. The minimum atomic E-state index is 1.10. The van der Waals surface area contributed by atoms with Gasteiger partial charge in [-0.1, -0.05) is 352 Å². The molecule has 0 unspecified atom stereocenters. The zero-order valence-corrected chi connectivity index (χ0v) is 71.5. The molecule has 6 heteroatoms. The van der Waals surface area contributed by atoms with Crippen molar-refractivity contribution in [3.63, 3.8) is 0 Å². The number of rotatable bonds is 17. The standard InChI is InChI=1S/C46H32N2.C42H30N2.C36H26N2/c1-3-11-33(12-4-1)35-19-24-38(25-20-35)47(39-26-21-36(22-27-39)34-13-5-2-6-14-34)40-28-30-41(31-29-40)48-44-18-10-9-17-43(44)46-42-16-8-7-15-37(42)23-32-45(46)48;1-3-11-31(12-4-1)33-19-23-35(24-20-33)43(36-25-21-34(22-26-36)32-13-5-2-6-14-32)37-27-29-38(30-28-37)44-41-17-9-7-15-39(41)40-16-8-10-18-42(40)44;1-3-11-27(12-4-1)28-19-21-30(22-20-28)37(29-13-5-2-6-14-29)31-23-25-32(26-24-31)38-35-17-9-7-15-33(35)34-16-8-10-18-36(34)38/h1-32H;1-30H;1-26H. The maximum absolute atomic E-state index is 2.40. The Morgan fingerprint density at radius 2 is 0.300 bits per heavy atom. The van der Waals surface area contributed by atoms with E-state index >= 15 is 0 Å². The first kappa shape index (κ1) is 78.6. The van der Waals surface area contributed by atoms with E-state index in [4.69, 9.17) is 0 Å². The summed E-state index contributed by atoms with van der Waals surface area (Å²) >= 11 is 0. The molecule has 0 amide bonds. The van der Waals surface area contributed by atoms with Gasteiger partial charge in [-0.15, -0.1) is 0 Å². The zero-order valence-electron chi connectivity index (χ0n) is 71.5. The minimum absolute atomic E-state index is 1.10. The van der Waals surface area contributed by atoms with E-state index in [0.29, 0.717) is 0 Å². The molecule has 6 nitrogen and oxygen atoms in total. The topological polar surface area (TPSA) is 24.5 Å². The highest BCUT2D eigenvalue weighted by molar-refractivity contribution is 6.21. The summed E-state index contributed by atoms with van der Waals surface area (Å²) in [6.07, 6.45) is 0. The molecule has 0 N–H and O–H groups in total. The highest BCUT2D eigenvalue weighted by atomic mass is 15.2. The maximum Gasteiger partial charge on any atom is 0.0547 e. The fourth-order valence-corrected chi connectivity index (χ4v) is 18.8. The third kappa shape index (κ3) is 15.4. The molecule has 3 aromatic heterocycles. The van der Waals surface area contributed by atoms with Crippen LogP contribution in [0.2, 0.25) is 0 Å². The first-order valence-corrected chi connectivity index (χ1v) is 44.4. The summed E-state index contributed by atoms with van der Waals surface area (Å²) in [6.45, 7) is 0. The molecule has 0 spiro atoms. The van der Waals surface area contributed by atoms with Crippen LogP contribution in [0.5, 0.6) is 0 Å². The van der Waals surface area contributed by atoms with Gasteiger partial charge < -0.3 is 28.4 Å². The second-order valence-corrected chi connectivity index (χ2v) is 32.7. The molecule has 0 aliphatic carbocycles. The summed E-state index contributed by atoms with van der Waals surface area (Å²) in [6, 6.07) is 191. The lowest BCUT2D eigenvalue weighted by molar-refractivity contribution is 1.17. The molecule has 0 saturated heterocycles. The average molecular weight is 1660 g/mol. The molecular weight excluding hydrogens is 1570 g/mol. The molecular formula is C124H88N6. The SMILES string of the molecule is c1ccc(-c2ccc(N(c3ccc(-c4ccccc4)cc3)c3ccc(-n4c5ccccc5c5c6ccccc6ccc54)cc3)cc2)cc1.c1ccc(-c2ccc(N(c3ccc(-c4ccccc4)cc3)c3ccc(-n4c5ccccc5c5ccccc54)cc3)cc2)cc1.c1ccc(-c2ccc(N(c3ccccc3)c3ccc(-n4c5ccccc5c5ccccc54)cc3)cc2)cc1. The summed E-state index contributed by atoms with van der Waals surface area (Å²) < 4.78 is 7.12. The van der Waals surface area contributed by atoms with Crippen molar-refractivity contribution in [2.45, 2.75) is 0 Å². The van der Waals surface area contributed by atoms with Gasteiger partial charge in [-0.05, 0) is 248 Å². The Balaban J connectivity index is 0.000000115. The molecule has 0 aliphatic rings. The summed E-state index contributed by atoms with van der Waals surface area (Å²) in [5.41, 5.74) is 32.9. The van der Waals surface area contributed by atoms with Gasteiger partial charge in [0.2, 0.25) is 0 Å². The normalized spacial score (nSPS) is 11.2. The second-order valence-electron chi connectivity index (χ2n) is 32.7. The van der Waals surface area contributed by atoms with Crippen molar-refractivity contribution in [1.82, 2.24) is 13.7 Å². The van der Waals surface area contributed by atoms with E-state index in [1.165, 1.54) is 132 Å². The van der Waals surface area contributed by atoms with Crippen LogP contribution in [0.1, 0.15) is 0 Å². The van der Waals surface area contributed by atoms with Gasteiger partial charge in [0.1, 0.15) is 0 Å². The second kappa shape index (κ2) is 35.4. The molecule has 21 aromatic carbocycles. The molecule has 0 aliphatic heterocycles. The number of benzene rings is 21. The number of para-hydroxylation sites is 6. The average Bonchev–Trinajstić information content (AvgIpc) is 1.51. The van der Waals surface area contributed by atoms with Crippen molar-refractivity contribution in [3.8, 4) is 72.7 Å². The van der Waals surface area contributed by atoms with Gasteiger partial charge >= 0.3 is 0 Å². The van der Waals surface area contributed by atoms with E-state index in [0.717, 1.165) is 68.2 Å². The smallest absolute Gasteiger partial charge is 0.0547 e. The van der Waals surface area contributed by atoms with Gasteiger partial charge in [-0.25, -0.2) is 0 Å². The van der Waals surface area contributed by atoms with Gasteiger partial charge in [0.25, 0.3) is 0 Å². The minimum Gasteiger partial charge on any atom is -0.311 e. The monoisotopic (exact) mass is 1660 g/mol. The summed E-state index contributed by atoms with van der Waals surface area (Å²) in [5, 5.41) is 10.2. The van der Waals surface area contributed by atoms with Crippen molar-refractivity contribution in [2.24, 2.45) is 0 Å². The number of aromatic nitrogens is 3. The van der Waals surface area contributed by atoms with Crippen LogP contribution in [0.3, 0.4) is 0 Å². The van der Waals surface area contributed by atoms with E-state index in [1.807, 2.05) is 0 Å². The van der Waals surface area contributed by atoms with Crippen LogP contribution >= 0.6 is 0 Å². The van der Waals surface area contributed by atoms with E-state index in [1.54, 1.807) is 0 Å². The fourth-order valence-electron chi connectivity index (χ4n) is 18.8. The lowest BCUT2D eigenvalue weighted by Crippen LogP contribution is -2.10. The largest absolute Gasteiger partial charge is 0.311 e. The van der Waals surface area contributed by atoms with Gasteiger partial charge in [-0.2, -0.15) is 0 Å². The summed E-state index contributed by atoms with van der Waals surface area (Å²) in [4.78, 5) is 6.98. The molecule has 0 bridgehead atoms. The van der Waals surface area contributed by atoms with Crippen molar-refractivity contribution in [3.05, 3.63) is 534 Å². The molecule has 0 atom stereocenters. The van der Waals surface area contributed by atoms with E-state index in [9.17, 15) is 0 Å². The van der Waals surface area contributed by atoms with Gasteiger partial charge in [0.15, 0.2) is 0 Å².